The van der Waals surface area contributed by atoms with Gasteiger partial charge < -0.3 is 11.5 Å². The SMILES string of the molecule is CC(=NCc1ccccc1F)/C(N)=C(\N)C(=O)N(C)N. The van der Waals surface area contributed by atoms with Crippen molar-refractivity contribution in [3.05, 3.63) is 47.0 Å². The number of nitrogens with two attached hydrogens (primary N) is 3. The van der Waals surface area contributed by atoms with E-state index in [9.17, 15) is 9.18 Å². The van der Waals surface area contributed by atoms with Crippen molar-refractivity contribution in [2.75, 3.05) is 7.05 Å². The number of nitrogens with zero attached hydrogens (tertiary/aromatic N) is 2. The second-order valence-electron chi connectivity index (χ2n) is 4.24. The Morgan fingerprint density at radius 3 is 2.45 bits per heavy atom. The summed E-state index contributed by atoms with van der Waals surface area (Å²) in [5, 5.41) is 0.826. The first kappa shape index (κ1) is 15.6. The molecule has 108 valence electrons. The van der Waals surface area contributed by atoms with Crippen molar-refractivity contribution in [1.82, 2.24) is 5.01 Å². The molecule has 0 unspecified atom stereocenters. The predicted molar refractivity (Wildman–Crippen MR) is 75.6 cm³/mol. The van der Waals surface area contributed by atoms with Crippen LogP contribution in [0.15, 0.2) is 40.7 Å². The van der Waals surface area contributed by atoms with Crippen LogP contribution in [-0.4, -0.2) is 23.7 Å². The van der Waals surface area contributed by atoms with Gasteiger partial charge in [-0.3, -0.25) is 14.8 Å². The zero-order valence-electron chi connectivity index (χ0n) is 11.4. The van der Waals surface area contributed by atoms with Gasteiger partial charge in [-0.15, -0.1) is 0 Å². The van der Waals surface area contributed by atoms with Gasteiger partial charge in [0, 0.05) is 12.6 Å². The second-order valence-corrected chi connectivity index (χ2v) is 4.24. The summed E-state index contributed by atoms with van der Waals surface area (Å²) in [5.41, 5.74) is 11.9. The lowest BCUT2D eigenvalue weighted by molar-refractivity contribution is -0.126. The Balaban J connectivity index is 2.92. The summed E-state index contributed by atoms with van der Waals surface area (Å²) in [6, 6.07) is 6.27. The van der Waals surface area contributed by atoms with Gasteiger partial charge in [-0.2, -0.15) is 0 Å². The fourth-order valence-corrected chi connectivity index (χ4v) is 1.42. The molecule has 0 radical (unpaired) electrons. The molecule has 7 heteroatoms. The molecule has 0 saturated heterocycles. The first-order valence-electron chi connectivity index (χ1n) is 5.87. The highest BCUT2D eigenvalue weighted by atomic mass is 19.1. The Morgan fingerprint density at radius 1 is 1.30 bits per heavy atom. The van der Waals surface area contributed by atoms with Gasteiger partial charge in [0.05, 0.1) is 18.0 Å². The Bertz CT molecular complexity index is 566. The van der Waals surface area contributed by atoms with E-state index < -0.39 is 5.91 Å². The number of rotatable bonds is 4. The fraction of sp³-hybridized carbons (Fsp3) is 0.231. The molecule has 0 spiro atoms. The van der Waals surface area contributed by atoms with Crippen molar-refractivity contribution < 1.29 is 9.18 Å². The van der Waals surface area contributed by atoms with Crippen LogP contribution >= 0.6 is 0 Å². The summed E-state index contributed by atoms with van der Waals surface area (Å²) in [6.45, 7) is 1.70. The third-order valence-corrected chi connectivity index (χ3v) is 2.68. The van der Waals surface area contributed by atoms with Crippen LogP contribution in [0.4, 0.5) is 4.39 Å². The van der Waals surface area contributed by atoms with E-state index in [2.05, 4.69) is 4.99 Å². The Labute approximate surface area is 116 Å². The standard InChI is InChI=1S/C13H18FN5O/c1-8(11(15)12(16)13(20)19(2)17)18-7-9-5-3-4-6-10(9)14/h3-6H,7,15-17H2,1-2H3/b12-11+,18-8?. The molecule has 20 heavy (non-hydrogen) atoms. The summed E-state index contributed by atoms with van der Waals surface area (Å²) in [4.78, 5) is 15.7. The van der Waals surface area contributed by atoms with Crippen LogP contribution in [0, 0.1) is 5.82 Å². The van der Waals surface area contributed by atoms with E-state index in [1.807, 2.05) is 0 Å². The summed E-state index contributed by atoms with van der Waals surface area (Å²) >= 11 is 0. The number of amides is 1. The summed E-state index contributed by atoms with van der Waals surface area (Å²) in [6.07, 6.45) is 0. The van der Waals surface area contributed by atoms with Gasteiger partial charge in [-0.25, -0.2) is 10.2 Å². The number of carbonyl (C=O) groups excluding carboxylic acids is 1. The summed E-state index contributed by atoms with van der Waals surface area (Å²) in [7, 11) is 1.36. The van der Waals surface area contributed by atoms with Gasteiger partial charge in [-0.05, 0) is 13.0 Å². The number of hydrogen-bond acceptors (Lipinski definition) is 5. The zero-order chi connectivity index (χ0) is 15.3. The van der Waals surface area contributed by atoms with Crippen molar-refractivity contribution in [2.24, 2.45) is 22.3 Å². The molecular formula is C13H18FN5O. The van der Waals surface area contributed by atoms with Gasteiger partial charge >= 0.3 is 0 Å². The molecule has 0 saturated carbocycles. The van der Waals surface area contributed by atoms with Gasteiger partial charge in [0.1, 0.15) is 11.5 Å². The molecule has 0 heterocycles. The smallest absolute Gasteiger partial charge is 0.285 e. The molecule has 0 aliphatic rings. The largest absolute Gasteiger partial charge is 0.395 e. The van der Waals surface area contributed by atoms with E-state index in [1.54, 1.807) is 25.1 Å². The maximum atomic E-state index is 13.4. The maximum absolute atomic E-state index is 13.4. The molecule has 6 nitrogen and oxygen atoms in total. The Morgan fingerprint density at radius 2 is 1.90 bits per heavy atom. The van der Waals surface area contributed by atoms with E-state index in [1.165, 1.54) is 13.1 Å². The Hall–Kier alpha value is -2.41. The van der Waals surface area contributed by atoms with Crippen LogP contribution in [-0.2, 0) is 11.3 Å². The Kier molecular flexibility index (Phi) is 5.22. The topological polar surface area (TPSA) is 111 Å². The van der Waals surface area contributed by atoms with E-state index in [4.69, 9.17) is 17.3 Å². The van der Waals surface area contributed by atoms with Crippen LogP contribution in [0.2, 0.25) is 0 Å². The first-order chi connectivity index (χ1) is 9.34. The van der Waals surface area contributed by atoms with Gasteiger partial charge in [-0.1, -0.05) is 18.2 Å². The monoisotopic (exact) mass is 279 g/mol. The average Bonchev–Trinajstić information content (AvgIpc) is 2.43. The van der Waals surface area contributed by atoms with E-state index in [0.717, 1.165) is 5.01 Å². The molecule has 0 bridgehead atoms. The molecule has 1 aromatic carbocycles. The second kappa shape index (κ2) is 6.67. The van der Waals surface area contributed by atoms with Crippen LogP contribution in [0.25, 0.3) is 0 Å². The molecule has 0 aliphatic carbocycles. The molecule has 0 aromatic heterocycles. The van der Waals surface area contributed by atoms with Crippen molar-refractivity contribution >= 4 is 11.6 Å². The number of aliphatic imine (C=N–C) groups is 1. The van der Waals surface area contributed by atoms with Crippen molar-refractivity contribution in [1.29, 1.82) is 0 Å². The summed E-state index contributed by atoms with van der Waals surface area (Å²) in [5.74, 6) is 4.33. The number of hydrazine groups is 1. The molecule has 0 aliphatic heterocycles. The molecule has 1 aromatic rings. The normalized spacial score (nSPS) is 12.9. The third-order valence-electron chi connectivity index (χ3n) is 2.68. The average molecular weight is 279 g/mol. The van der Waals surface area contributed by atoms with Gasteiger partial charge in [0.25, 0.3) is 5.91 Å². The quantitative estimate of drug-likeness (QED) is 0.241. The van der Waals surface area contributed by atoms with Crippen molar-refractivity contribution in [2.45, 2.75) is 13.5 Å². The van der Waals surface area contributed by atoms with Crippen LogP contribution in [0.3, 0.4) is 0 Å². The zero-order valence-corrected chi connectivity index (χ0v) is 11.4. The molecule has 1 rings (SSSR count). The maximum Gasteiger partial charge on any atom is 0.285 e. The predicted octanol–water partition coefficient (Wildman–Crippen LogP) is 0.248. The van der Waals surface area contributed by atoms with Crippen LogP contribution in [0.5, 0.6) is 0 Å². The third kappa shape index (κ3) is 3.79. The molecule has 0 atom stereocenters. The minimum absolute atomic E-state index is 0.0311. The lowest BCUT2D eigenvalue weighted by atomic mass is 10.2. The van der Waals surface area contributed by atoms with Crippen molar-refractivity contribution in [3.63, 3.8) is 0 Å². The van der Waals surface area contributed by atoms with E-state index in [0.29, 0.717) is 11.3 Å². The number of benzene rings is 1. The lowest BCUT2D eigenvalue weighted by Gasteiger charge is -2.12. The molecule has 6 N–H and O–H groups in total. The lowest BCUT2D eigenvalue weighted by Crippen LogP contribution is -2.38. The number of hydrogen-bond donors (Lipinski definition) is 3. The van der Waals surface area contributed by atoms with Gasteiger partial charge in [0.2, 0.25) is 0 Å². The van der Waals surface area contributed by atoms with E-state index >= 15 is 0 Å². The number of allylic oxidation sites excluding steroid dienone is 1. The highest BCUT2D eigenvalue weighted by molar-refractivity contribution is 6.05. The van der Waals surface area contributed by atoms with Crippen molar-refractivity contribution in [3.8, 4) is 0 Å². The number of halogens is 1. The van der Waals surface area contributed by atoms with E-state index in [-0.39, 0.29) is 23.8 Å². The van der Waals surface area contributed by atoms with Crippen LogP contribution in [0.1, 0.15) is 12.5 Å². The molecule has 1 amide bonds. The highest BCUT2D eigenvalue weighted by Gasteiger charge is 2.14. The summed E-state index contributed by atoms with van der Waals surface area (Å²) < 4.78 is 13.4. The minimum atomic E-state index is -0.608. The van der Waals surface area contributed by atoms with Gasteiger partial charge in [0.15, 0.2) is 0 Å². The first-order valence-corrected chi connectivity index (χ1v) is 5.87. The molecular weight excluding hydrogens is 261 g/mol. The molecule has 0 fully saturated rings. The highest BCUT2D eigenvalue weighted by Crippen LogP contribution is 2.08. The number of likely N-dealkylation sites (N-methyl/N-ethyl adjacent to an activating group) is 1. The van der Waals surface area contributed by atoms with Crippen LogP contribution < -0.4 is 17.3 Å². The fourth-order valence-electron chi connectivity index (χ4n) is 1.42. The number of carbonyl (C=O) groups is 1. The minimum Gasteiger partial charge on any atom is -0.395 e.